The lowest BCUT2D eigenvalue weighted by atomic mass is 10.1. The van der Waals surface area contributed by atoms with E-state index in [1.807, 2.05) is 13.0 Å². The minimum atomic E-state index is 0.750. The highest BCUT2D eigenvalue weighted by Gasteiger charge is 2.17. The standard InChI is InChI=1S/C11H14ClNO/c1-3-13-4-5-14-11-7-9(12)8(2)6-10(11)13/h6-7H,3-5H2,1-2H3. The van der Waals surface area contributed by atoms with E-state index < -0.39 is 0 Å². The summed E-state index contributed by atoms with van der Waals surface area (Å²) in [5.41, 5.74) is 2.27. The molecule has 0 fully saturated rings. The molecule has 3 heteroatoms. The molecule has 0 saturated heterocycles. The van der Waals surface area contributed by atoms with Crippen LogP contribution in [0.5, 0.6) is 5.75 Å². The van der Waals surface area contributed by atoms with Gasteiger partial charge in [0.1, 0.15) is 12.4 Å². The molecule has 0 radical (unpaired) electrons. The van der Waals surface area contributed by atoms with Crippen molar-refractivity contribution in [3.8, 4) is 5.75 Å². The zero-order chi connectivity index (χ0) is 10.1. The Kier molecular flexibility index (Phi) is 2.55. The molecule has 14 heavy (non-hydrogen) atoms. The van der Waals surface area contributed by atoms with Gasteiger partial charge in [-0.2, -0.15) is 0 Å². The van der Waals surface area contributed by atoms with Gasteiger partial charge in [0.2, 0.25) is 0 Å². The lowest BCUT2D eigenvalue weighted by Gasteiger charge is -2.30. The van der Waals surface area contributed by atoms with Crippen LogP contribution in [-0.4, -0.2) is 19.7 Å². The van der Waals surface area contributed by atoms with Gasteiger partial charge in [-0.15, -0.1) is 0 Å². The first-order valence-electron chi connectivity index (χ1n) is 4.90. The zero-order valence-electron chi connectivity index (χ0n) is 8.51. The Morgan fingerprint density at radius 1 is 1.50 bits per heavy atom. The van der Waals surface area contributed by atoms with Gasteiger partial charge in [0.15, 0.2) is 0 Å². The second kappa shape index (κ2) is 3.70. The van der Waals surface area contributed by atoms with E-state index in [0.717, 1.165) is 36.0 Å². The maximum Gasteiger partial charge on any atom is 0.144 e. The average molecular weight is 212 g/mol. The van der Waals surface area contributed by atoms with Crippen molar-refractivity contribution >= 4 is 17.3 Å². The SMILES string of the molecule is CCN1CCOc2cc(Cl)c(C)cc21. The molecule has 1 aliphatic rings. The van der Waals surface area contributed by atoms with E-state index in [1.165, 1.54) is 5.69 Å². The second-order valence-corrected chi connectivity index (χ2v) is 3.90. The molecule has 76 valence electrons. The lowest BCUT2D eigenvalue weighted by Crippen LogP contribution is -2.32. The third-order valence-corrected chi connectivity index (χ3v) is 2.99. The summed E-state index contributed by atoms with van der Waals surface area (Å²) >= 11 is 6.04. The number of ether oxygens (including phenoxy) is 1. The Hall–Kier alpha value is -0.890. The molecule has 0 bridgehead atoms. The topological polar surface area (TPSA) is 12.5 Å². The van der Waals surface area contributed by atoms with Gasteiger partial charge in [0.05, 0.1) is 12.2 Å². The first-order valence-corrected chi connectivity index (χ1v) is 5.28. The van der Waals surface area contributed by atoms with Gasteiger partial charge in [-0.1, -0.05) is 11.6 Å². The highest BCUT2D eigenvalue weighted by Crippen LogP contribution is 2.35. The molecule has 2 nitrogen and oxygen atoms in total. The number of anilines is 1. The summed E-state index contributed by atoms with van der Waals surface area (Å²) in [6.07, 6.45) is 0. The maximum absolute atomic E-state index is 6.04. The van der Waals surface area contributed by atoms with Crippen LogP contribution in [0.4, 0.5) is 5.69 Å². The van der Waals surface area contributed by atoms with Crippen molar-refractivity contribution in [2.45, 2.75) is 13.8 Å². The minimum absolute atomic E-state index is 0.750. The Balaban J connectivity index is 2.47. The molecule has 0 amide bonds. The van der Waals surface area contributed by atoms with Crippen LogP contribution in [0.1, 0.15) is 12.5 Å². The highest BCUT2D eigenvalue weighted by molar-refractivity contribution is 6.31. The van der Waals surface area contributed by atoms with Crippen LogP contribution in [0.15, 0.2) is 12.1 Å². The second-order valence-electron chi connectivity index (χ2n) is 3.50. The van der Waals surface area contributed by atoms with E-state index in [2.05, 4.69) is 17.9 Å². The number of aryl methyl sites for hydroxylation is 1. The summed E-state index contributed by atoms with van der Waals surface area (Å²) in [6, 6.07) is 4.01. The molecular formula is C11H14ClNO. The third kappa shape index (κ3) is 1.55. The highest BCUT2D eigenvalue weighted by atomic mass is 35.5. The number of nitrogens with zero attached hydrogens (tertiary/aromatic N) is 1. The lowest BCUT2D eigenvalue weighted by molar-refractivity contribution is 0.308. The van der Waals surface area contributed by atoms with Gasteiger partial charge >= 0.3 is 0 Å². The molecule has 0 N–H and O–H groups in total. The fourth-order valence-corrected chi connectivity index (χ4v) is 1.88. The molecule has 1 aromatic rings. The monoisotopic (exact) mass is 211 g/mol. The average Bonchev–Trinajstić information content (AvgIpc) is 2.19. The number of benzene rings is 1. The number of likely N-dealkylation sites (N-methyl/N-ethyl adjacent to an activating group) is 1. The molecule has 2 rings (SSSR count). The van der Waals surface area contributed by atoms with Crippen LogP contribution in [0.25, 0.3) is 0 Å². The van der Waals surface area contributed by atoms with Gasteiger partial charge < -0.3 is 9.64 Å². The van der Waals surface area contributed by atoms with Crippen LogP contribution < -0.4 is 9.64 Å². The molecule has 0 aliphatic carbocycles. The largest absolute Gasteiger partial charge is 0.490 e. The first kappa shape index (κ1) is 9.66. The maximum atomic E-state index is 6.04. The van der Waals surface area contributed by atoms with E-state index in [4.69, 9.17) is 16.3 Å². The molecule has 0 unspecified atom stereocenters. The van der Waals surface area contributed by atoms with E-state index in [0.29, 0.717) is 0 Å². The van der Waals surface area contributed by atoms with Crippen LogP contribution >= 0.6 is 11.6 Å². The van der Waals surface area contributed by atoms with E-state index >= 15 is 0 Å². The summed E-state index contributed by atoms with van der Waals surface area (Å²) in [4.78, 5) is 2.31. The van der Waals surface area contributed by atoms with Crippen molar-refractivity contribution in [3.63, 3.8) is 0 Å². The summed E-state index contributed by atoms with van der Waals surface area (Å²) in [5, 5.41) is 0.779. The third-order valence-electron chi connectivity index (χ3n) is 2.58. The van der Waals surface area contributed by atoms with Crippen LogP contribution in [0.3, 0.4) is 0 Å². The molecule has 1 aliphatic heterocycles. The van der Waals surface area contributed by atoms with Crippen molar-refractivity contribution in [1.82, 2.24) is 0 Å². The Bertz CT molecular complexity index is 351. The van der Waals surface area contributed by atoms with Crippen molar-refractivity contribution in [3.05, 3.63) is 22.7 Å². The van der Waals surface area contributed by atoms with Gasteiger partial charge in [0, 0.05) is 17.6 Å². The van der Waals surface area contributed by atoms with Gasteiger partial charge in [-0.25, -0.2) is 0 Å². The van der Waals surface area contributed by atoms with Crippen LogP contribution in [0, 0.1) is 6.92 Å². The van der Waals surface area contributed by atoms with Crippen LogP contribution in [0.2, 0.25) is 5.02 Å². The number of halogens is 1. The predicted octanol–water partition coefficient (Wildman–Crippen LogP) is 2.87. The first-order chi connectivity index (χ1) is 6.72. The van der Waals surface area contributed by atoms with Crippen LogP contribution in [-0.2, 0) is 0 Å². The summed E-state index contributed by atoms with van der Waals surface area (Å²) < 4.78 is 5.57. The quantitative estimate of drug-likeness (QED) is 0.709. The summed E-state index contributed by atoms with van der Waals surface area (Å²) in [5.74, 6) is 0.911. The molecular weight excluding hydrogens is 198 g/mol. The van der Waals surface area contributed by atoms with E-state index in [9.17, 15) is 0 Å². The van der Waals surface area contributed by atoms with E-state index in [-0.39, 0.29) is 0 Å². The number of fused-ring (bicyclic) bond motifs is 1. The molecule has 0 aromatic heterocycles. The zero-order valence-corrected chi connectivity index (χ0v) is 9.27. The smallest absolute Gasteiger partial charge is 0.144 e. The molecule has 1 heterocycles. The fraction of sp³-hybridized carbons (Fsp3) is 0.455. The Labute approximate surface area is 89.4 Å². The predicted molar refractivity (Wildman–Crippen MR) is 59.6 cm³/mol. The number of hydrogen-bond acceptors (Lipinski definition) is 2. The molecule has 0 atom stereocenters. The molecule has 0 saturated carbocycles. The fourth-order valence-electron chi connectivity index (χ4n) is 1.73. The number of rotatable bonds is 1. The van der Waals surface area contributed by atoms with Crippen molar-refractivity contribution in [2.24, 2.45) is 0 Å². The summed E-state index contributed by atoms with van der Waals surface area (Å²) in [7, 11) is 0. The van der Waals surface area contributed by atoms with Gasteiger partial charge in [0.25, 0.3) is 0 Å². The normalized spacial score (nSPS) is 14.9. The number of hydrogen-bond donors (Lipinski definition) is 0. The minimum Gasteiger partial charge on any atom is -0.490 e. The Morgan fingerprint density at radius 3 is 3.00 bits per heavy atom. The van der Waals surface area contributed by atoms with Crippen molar-refractivity contribution < 1.29 is 4.74 Å². The van der Waals surface area contributed by atoms with Gasteiger partial charge in [-0.05, 0) is 25.5 Å². The molecule has 1 aromatic carbocycles. The van der Waals surface area contributed by atoms with Crippen molar-refractivity contribution in [2.75, 3.05) is 24.6 Å². The Morgan fingerprint density at radius 2 is 2.29 bits per heavy atom. The van der Waals surface area contributed by atoms with Gasteiger partial charge in [-0.3, -0.25) is 0 Å². The molecule has 0 spiro atoms. The van der Waals surface area contributed by atoms with Crippen molar-refractivity contribution in [1.29, 1.82) is 0 Å². The summed E-state index contributed by atoms with van der Waals surface area (Å²) in [6.45, 7) is 6.90. The van der Waals surface area contributed by atoms with E-state index in [1.54, 1.807) is 0 Å².